The zero-order chi connectivity index (χ0) is 20.4. The molecule has 0 bridgehead atoms. The number of aromatic nitrogens is 2. The van der Waals surface area contributed by atoms with E-state index in [1.165, 1.54) is 11.3 Å². The molecule has 0 saturated heterocycles. The first kappa shape index (κ1) is 18.9. The number of aromatic hydroxyl groups is 1. The summed E-state index contributed by atoms with van der Waals surface area (Å²) >= 11 is 1.41. The largest absolute Gasteiger partial charge is 0.508 e. The van der Waals surface area contributed by atoms with Crippen LogP contribution in [0, 0.1) is 6.92 Å². The van der Waals surface area contributed by atoms with Gasteiger partial charge in [0.2, 0.25) is 0 Å². The highest BCUT2D eigenvalue weighted by molar-refractivity contribution is 7.22. The number of phenolic OH excluding ortho intramolecular Hbond substituents is 1. The van der Waals surface area contributed by atoms with Gasteiger partial charge in [-0.3, -0.25) is 10.3 Å². The molecular formula is C22H20N4O2S. The third kappa shape index (κ3) is 3.90. The molecule has 2 aromatic heterocycles. The Kier molecular flexibility index (Phi) is 5.14. The van der Waals surface area contributed by atoms with E-state index in [0.29, 0.717) is 11.7 Å². The maximum absolute atomic E-state index is 11.9. The maximum atomic E-state index is 11.9. The quantitative estimate of drug-likeness (QED) is 0.437. The summed E-state index contributed by atoms with van der Waals surface area (Å²) in [5.41, 5.74) is 5.15. The highest BCUT2D eigenvalue weighted by atomic mass is 32.1. The molecule has 3 N–H and O–H groups in total. The van der Waals surface area contributed by atoms with Gasteiger partial charge in [-0.25, -0.2) is 9.78 Å². The van der Waals surface area contributed by atoms with E-state index in [0.717, 1.165) is 38.2 Å². The summed E-state index contributed by atoms with van der Waals surface area (Å²) in [6.45, 7) is 4.26. The predicted octanol–water partition coefficient (Wildman–Crippen LogP) is 5.18. The first-order chi connectivity index (χ1) is 14.0. The normalized spacial score (nSPS) is 10.8. The van der Waals surface area contributed by atoms with Crippen molar-refractivity contribution in [2.24, 2.45) is 0 Å². The number of pyridine rings is 1. The van der Waals surface area contributed by atoms with Crippen LogP contribution in [0.1, 0.15) is 12.5 Å². The summed E-state index contributed by atoms with van der Waals surface area (Å²) in [5.74, 6) is 0.249. The standard InChI is InChI=1S/C22H20N4O2S/c1-3-23-21(28)26-22-25-18-11-15(14-8-7-13(2)19(27)12-14)10-16(20(18)29-22)17-6-4-5-9-24-17/h4-12,27H,3H2,1-2H3,(H2,23,25,26,28). The van der Waals surface area contributed by atoms with Crippen molar-refractivity contribution in [1.82, 2.24) is 15.3 Å². The minimum Gasteiger partial charge on any atom is -0.508 e. The second-order valence-electron chi connectivity index (χ2n) is 6.59. The highest BCUT2D eigenvalue weighted by Gasteiger charge is 2.15. The number of thiazole rings is 1. The lowest BCUT2D eigenvalue weighted by atomic mass is 9.99. The zero-order valence-corrected chi connectivity index (χ0v) is 16.9. The van der Waals surface area contributed by atoms with Crippen LogP contribution >= 0.6 is 11.3 Å². The van der Waals surface area contributed by atoms with E-state index in [9.17, 15) is 9.90 Å². The van der Waals surface area contributed by atoms with Crippen molar-refractivity contribution < 1.29 is 9.90 Å². The Morgan fingerprint density at radius 1 is 1.14 bits per heavy atom. The van der Waals surface area contributed by atoms with Gasteiger partial charge in [-0.15, -0.1) is 0 Å². The number of urea groups is 1. The Bertz CT molecular complexity index is 1190. The lowest BCUT2D eigenvalue weighted by Gasteiger charge is -2.08. The summed E-state index contributed by atoms with van der Waals surface area (Å²) in [6, 6.07) is 15.1. The van der Waals surface area contributed by atoms with E-state index in [1.54, 1.807) is 12.3 Å². The SMILES string of the molecule is CCNC(=O)Nc1nc2cc(-c3ccc(C)c(O)c3)cc(-c3ccccn3)c2s1. The van der Waals surface area contributed by atoms with E-state index < -0.39 is 0 Å². The molecule has 0 aliphatic carbocycles. The number of phenols is 1. The first-order valence-electron chi connectivity index (χ1n) is 9.26. The fraction of sp³-hybridized carbons (Fsp3) is 0.136. The Morgan fingerprint density at radius 2 is 2.00 bits per heavy atom. The molecule has 146 valence electrons. The molecule has 0 aliphatic rings. The van der Waals surface area contributed by atoms with E-state index in [-0.39, 0.29) is 11.8 Å². The van der Waals surface area contributed by atoms with Crippen LogP contribution in [0.5, 0.6) is 5.75 Å². The Labute approximate surface area is 172 Å². The van der Waals surface area contributed by atoms with Crippen LogP contribution in [0.25, 0.3) is 32.6 Å². The number of nitrogens with zero attached hydrogens (tertiary/aromatic N) is 2. The fourth-order valence-corrected chi connectivity index (χ4v) is 4.02. The molecule has 29 heavy (non-hydrogen) atoms. The van der Waals surface area contributed by atoms with Crippen LogP contribution < -0.4 is 10.6 Å². The Morgan fingerprint density at radius 3 is 2.72 bits per heavy atom. The Hall–Kier alpha value is -3.45. The molecule has 2 amide bonds. The lowest BCUT2D eigenvalue weighted by Crippen LogP contribution is -2.28. The van der Waals surface area contributed by atoms with Gasteiger partial charge in [-0.2, -0.15) is 0 Å². The maximum Gasteiger partial charge on any atom is 0.321 e. The van der Waals surface area contributed by atoms with Crippen LogP contribution in [0.2, 0.25) is 0 Å². The van der Waals surface area contributed by atoms with Gasteiger partial charge in [0.25, 0.3) is 0 Å². The molecule has 0 saturated carbocycles. The van der Waals surface area contributed by atoms with Crippen LogP contribution in [0.4, 0.5) is 9.93 Å². The number of amides is 2. The molecule has 6 nitrogen and oxygen atoms in total. The first-order valence-corrected chi connectivity index (χ1v) is 10.1. The van der Waals surface area contributed by atoms with Crippen LogP contribution in [-0.2, 0) is 0 Å². The number of aryl methyl sites for hydroxylation is 1. The van der Waals surface area contributed by atoms with E-state index >= 15 is 0 Å². The topological polar surface area (TPSA) is 87.1 Å². The summed E-state index contributed by atoms with van der Waals surface area (Å²) in [6.07, 6.45) is 1.75. The third-order valence-electron chi connectivity index (χ3n) is 4.53. The molecular weight excluding hydrogens is 384 g/mol. The van der Waals surface area contributed by atoms with Gasteiger partial charge in [0, 0.05) is 18.3 Å². The van der Waals surface area contributed by atoms with E-state index in [1.807, 2.05) is 56.3 Å². The van der Waals surface area contributed by atoms with Gasteiger partial charge < -0.3 is 10.4 Å². The summed E-state index contributed by atoms with van der Waals surface area (Å²) in [5, 5.41) is 16.1. The van der Waals surface area contributed by atoms with Crippen molar-refractivity contribution in [2.75, 3.05) is 11.9 Å². The summed E-state index contributed by atoms with van der Waals surface area (Å²) in [7, 11) is 0. The van der Waals surface area contributed by atoms with E-state index in [4.69, 9.17) is 0 Å². The van der Waals surface area contributed by atoms with Crippen LogP contribution in [0.15, 0.2) is 54.7 Å². The summed E-state index contributed by atoms with van der Waals surface area (Å²) < 4.78 is 0.940. The van der Waals surface area contributed by atoms with Gasteiger partial charge in [-0.05, 0) is 60.9 Å². The van der Waals surface area contributed by atoms with Crippen molar-refractivity contribution in [1.29, 1.82) is 0 Å². The average Bonchev–Trinajstić information content (AvgIpc) is 3.12. The molecule has 4 rings (SSSR count). The number of benzene rings is 2. The van der Waals surface area contributed by atoms with Crippen molar-refractivity contribution >= 4 is 32.7 Å². The predicted molar refractivity (Wildman–Crippen MR) is 117 cm³/mol. The monoisotopic (exact) mass is 404 g/mol. The van der Waals surface area contributed by atoms with Gasteiger partial charge in [0.1, 0.15) is 5.75 Å². The van der Waals surface area contributed by atoms with Gasteiger partial charge >= 0.3 is 6.03 Å². The lowest BCUT2D eigenvalue weighted by molar-refractivity contribution is 0.252. The minimum atomic E-state index is -0.283. The number of fused-ring (bicyclic) bond motifs is 1. The van der Waals surface area contributed by atoms with Crippen molar-refractivity contribution in [3.8, 4) is 28.1 Å². The number of nitrogens with one attached hydrogen (secondary N) is 2. The minimum absolute atomic E-state index is 0.249. The van der Waals surface area contributed by atoms with Gasteiger partial charge in [-0.1, -0.05) is 29.5 Å². The summed E-state index contributed by atoms with van der Waals surface area (Å²) in [4.78, 5) is 21.0. The molecule has 2 heterocycles. The van der Waals surface area contributed by atoms with Crippen LogP contribution in [-0.4, -0.2) is 27.7 Å². The molecule has 0 radical (unpaired) electrons. The molecule has 7 heteroatoms. The number of hydrogen-bond acceptors (Lipinski definition) is 5. The van der Waals surface area contributed by atoms with Crippen LogP contribution in [0.3, 0.4) is 0 Å². The fourth-order valence-electron chi connectivity index (χ4n) is 3.06. The second-order valence-corrected chi connectivity index (χ2v) is 7.59. The number of carbonyl (C=O) groups excluding carboxylic acids is 1. The second kappa shape index (κ2) is 7.89. The third-order valence-corrected chi connectivity index (χ3v) is 5.55. The van der Waals surface area contributed by atoms with Gasteiger partial charge in [0.15, 0.2) is 5.13 Å². The van der Waals surface area contributed by atoms with Crippen molar-refractivity contribution in [3.63, 3.8) is 0 Å². The molecule has 2 aromatic carbocycles. The molecule has 0 atom stereocenters. The smallest absolute Gasteiger partial charge is 0.321 e. The number of carbonyl (C=O) groups is 1. The zero-order valence-electron chi connectivity index (χ0n) is 16.1. The number of hydrogen-bond donors (Lipinski definition) is 3. The van der Waals surface area contributed by atoms with Crippen molar-refractivity contribution in [3.05, 3.63) is 60.3 Å². The number of anilines is 1. The van der Waals surface area contributed by atoms with E-state index in [2.05, 4.69) is 20.6 Å². The molecule has 0 fully saturated rings. The molecule has 0 unspecified atom stereocenters. The molecule has 0 aliphatic heterocycles. The Balaban J connectivity index is 1.87. The number of rotatable bonds is 4. The highest BCUT2D eigenvalue weighted by Crippen LogP contribution is 2.38. The van der Waals surface area contributed by atoms with Gasteiger partial charge in [0.05, 0.1) is 15.9 Å². The molecule has 0 spiro atoms. The van der Waals surface area contributed by atoms with Crippen molar-refractivity contribution in [2.45, 2.75) is 13.8 Å². The average molecular weight is 404 g/mol. The molecule has 4 aromatic rings.